The van der Waals surface area contributed by atoms with E-state index in [2.05, 4.69) is 22.1 Å². The summed E-state index contributed by atoms with van der Waals surface area (Å²) in [6.45, 7) is 8.92. The predicted octanol–water partition coefficient (Wildman–Crippen LogP) is 5.60. The predicted molar refractivity (Wildman–Crippen MR) is 164 cm³/mol. The van der Waals surface area contributed by atoms with Crippen molar-refractivity contribution in [3.8, 4) is 35.1 Å². The van der Waals surface area contributed by atoms with Crippen LogP contribution in [-0.4, -0.2) is 43.1 Å². The molecule has 4 unspecified atom stereocenters. The van der Waals surface area contributed by atoms with Crippen LogP contribution in [0.25, 0.3) is 0 Å². The van der Waals surface area contributed by atoms with Gasteiger partial charge < -0.3 is 29.2 Å². The van der Waals surface area contributed by atoms with Crippen molar-refractivity contribution in [3.63, 3.8) is 0 Å². The van der Waals surface area contributed by atoms with E-state index in [9.17, 15) is 10.2 Å². The molecule has 2 aromatic carbocycles. The van der Waals surface area contributed by atoms with Crippen LogP contribution in [0.3, 0.4) is 0 Å². The van der Waals surface area contributed by atoms with E-state index in [1.165, 1.54) is 0 Å². The smallest absolute Gasteiger partial charge is 0.160 e. The number of nitrogens with zero attached hydrogens (tertiary/aromatic N) is 4. The average molecular weight is 607 g/mol. The number of aromatic nitrogens is 2. The molecule has 4 atom stereocenters. The normalized spacial score (nSPS) is 23.5. The summed E-state index contributed by atoms with van der Waals surface area (Å²) in [6, 6.07) is 21.4. The van der Waals surface area contributed by atoms with Gasteiger partial charge in [0, 0.05) is 29.7 Å². The molecule has 4 aromatic rings. The summed E-state index contributed by atoms with van der Waals surface area (Å²) in [6.07, 6.45) is 4.32. The second kappa shape index (κ2) is 12.1. The molecule has 2 aliphatic rings. The van der Waals surface area contributed by atoms with Gasteiger partial charge in [-0.05, 0) is 95.3 Å². The molecule has 0 bridgehead atoms. The molecule has 0 spiro atoms. The van der Waals surface area contributed by atoms with Crippen molar-refractivity contribution >= 4 is 0 Å². The van der Waals surface area contributed by atoms with Crippen molar-refractivity contribution in [2.75, 3.05) is 0 Å². The zero-order valence-corrected chi connectivity index (χ0v) is 25.6. The van der Waals surface area contributed by atoms with E-state index in [0.717, 1.165) is 0 Å². The van der Waals surface area contributed by atoms with Crippen molar-refractivity contribution in [1.82, 2.24) is 9.97 Å². The van der Waals surface area contributed by atoms with Crippen LogP contribution in [0.15, 0.2) is 85.5 Å². The lowest BCUT2D eigenvalue weighted by Gasteiger charge is -2.48. The summed E-state index contributed by atoms with van der Waals surface area (Å²) in [5.74, 6) is 2.37. The van der Waals surface area contributed by atoms with E-state index < -0.39 is 35.1 Å². The Hall–Kier alpha value is -5.16. The van der Waals surface area contributed by atoms with Gasteiger partial charge in [-0.2, -0.15) is 10.5 Å². The number of aliphatic hydroxyl groups is 2. The quantitative estimate of drug-likeness (QED) is 0.300. The first kappa shape index (κ1) is 31.3. The third kappa shape index (κ3) is 6.25. The Balaban J connectivity index is 0.000000178. The Bertz CT molecular complexity index is 1750. The van der Waals surface area contributed by atoms with E-state index in [4.69, 9.17) is 29.5 Å². The maximum atomic E-state index is 11.1. The van der Waals surface area contributed by atoms with Gasteiger partial charge in [0.25, 0.3) is 0 Å². The largest absolute Gasteiger partial charge is 0.485 e. The van der Waals surface area contributed by atoms with Gasteiger partial charge >= 0.3 is 0 Å². The van der Waals surface area contributed by atoms with Crippen LogP contribution >= 0.6 is 0 Å². The van der Waals surface area contributed by atoms with Crippen LogP contribution in [0.4, 0.5) is 0 Å². The van der Waals surface area contributed by atoms with Crippen molar-refractivity contribution in [3.05, 3.63) is 108 Å². The van der Waals surface area contributed by atoms with E-state index in [1.807, 2.05) is 27.7 Å². The molecular weight excluding hydrogens is 572 g/mol. The number of nitriles is 2. The number of rotatable bonds is 4. The molecular formula is C35H34N4O6. The lowest BCUT2D eigenvalue weighted by Crippen LogP contribution is -2.59. The van der Waals surface area contributed by atoms with E-state index in [0.29, 0.717) is 45.3 Å². The standard InChI is InChI=1S/C18H18N2O3.C17H16N2O3/c1-17(2)18(3,21)16(22-13-5-4-8-20-11-13)14-9-12(10-19)6-7-15(14)23-17;1-17(2)16(20)15(21-12-5-7-19-8-6-12)13-9-11(10-18)3-4-14(13)22-17/h4-9,11,16,21H,1-3H3;3-9,15-16,20H,1-2H3. The number of hydrogen-bond acceptors (Lipinski definition) is 10. The van der Waals surface area contributed by atoms with Gasteiger partial charge in [-0.3, -0.25) is 9.97 Å². The Morgan fingerprint density at radius 1 is 0.756 bits per heavy atom. The minimum absolute atomic E-state index is 0.489. The number of fused-ring (bicyclic) bond motifs is 2. The van der Waals surface area contributed by atoms with Crippen LogP contribution in [0, 0.1) is 22.7 Å². The molecule has 230 valence electrons. The molecule has 10 nitrogen and oxygen atoms in total. The second-order valence-electron chi connectivity index (χ2n) is 12.0. The molecule has 0 saturated heterocycles. The van der Waals surface area contributed by atoms with Crippen molar-refractivity contribution in [2.24, 2.45) is 0 Å². The van der Waals surface area contributed by atoms with E-state index in [1.54, 1.807) is 92.4 Å². The molecule has 0 amide bonds. The monoisotopic (exact) mass is 606 g/mol. The minimum Gasteiger partial charge on any atom is -0.485 e. The number of aliphatic hydroxyl groups excluding tert-OH is 1. The van der Waals surface area contributed by atoms with Crippen LogP contribution in [0.2, 0.25) is 0 Å². The minimum atomic E-state index is -1.30. The second-order valence-corrected chi connectivity index (χ2v) is 12.0. The topological polar surface area (TPSA) is 151 Å². The highest BCUT2D eigenvalue weighted by Gasteiger charge is 2.54. The first-order valence-electron chi connectivity index (χ1n) is 14.4. The molecule has 2 aliphatic heterocycles. The third-order valence-electron chi connectivity index (χ3n) is 8.13. The summed E-state index contributed by atoms with van der Waals surface area (Å²) in [5.41, 5.74) is -0.649. The summed E-state index contributed by atoms with van der Waals surface area (Å²) in [4.78, 5) is 7.98. The summed E-state index contributed by atoms with van der Waals surface area (Å²) in [7, 11) is 0. The molecule has 0 fully saturated rings. The van der Waals surface area contributed by atoms with E-state index in [-0.39, 0.29) is 0 Å². The van der Waals surface area contributed by atoms with Crippen LogP contribution in [0.1, 0.15) is 69.1 Å². The fourth-order valence-corrected chi connectivity index (χ4v) is 5.15. The highest BCUT2D eigenvalue weighted by molar-refractivity contribution is 5.48. The molecule has 4 heterocycles. The molecule has 2 aromatic heterocycles. The van der Waals surface area contributed by atoms with Crippen LogP contribution in [0.5, 0.6) is 23.0 Å². The van der Waals surface area contributed by atoms with Gasteiger partial charge in [0.2, 0.25) is 0 Å². The zero-order valence-electron chi connectivity index (χ0n) is 25.6. The first-order chi connectivity index (χ1) is 21.4. The van der Waals surface area contributed by atoms with Crippen molar-refractivity contribution in [1.29, 1.82) is 10.5 Å². The SMILES string of the molecule is CC1(C)Oc2ccc(C#N)cc2C(Oc2cccnc2)C1(C)O.CC1(C)Oc2ccc(C#N)cc2C(Oc2ccncc2)C1O. The van der Waals surface area contributed by atoms with Crippen molar-refractivity contribution in [2.45, 2.75) is 69.7 Å². The Labute approximate surface area is 262 Å². The van der Waals surface area contributed by atoms with Crippen LogP contribution < -0.4 is 18.9 Å². The number of hydrogen-bond donors (Lipinski definition) is 2. The summed E-state index contributed by atoms with van der Waals surface area (Å²) >= 11 is 0. The van der Waals surface area contributed by atoms with Gasteiger partial charge in [0.1, 0.15) is 45.9 Å². The molecule has 2 N–H and O–H groups in total. The average Bonchev–Trinajstić information content (AvgIpc) is 3.02. The molecule has 0 saturated carbocycles. The lowest BCUT2D eigenvalue weighted by molar-refractivity contribution is -0.174. The Morgan fingerprint density at radius 2 is 1.38 bits per heavy atom. The Morgan fingerprint density at radius 3 is 1.98 bits per heavy atom. The summed E-state index contributed by atoms with van der Waals surface area (Å²) in [5, 5.41) is 39.9. The Kier molecular flexibility index (Phi) is 8.40. The van der Waals surface area contributed by atoms with Gasteiger partial charge in [0.05, 0.1) is 29.5 Å². The van der Waals surface area contributed by atoms with Gasteiger partial charge in [-0.1, -0.05) is 0 Å². The van der Waals surface area contributed by atoms with Gasteiger partial charge in [-0.15, -0.1) is 0 Å². The highest BCUT2D eigenvalue weighted by atomic mass is 16.6. The lowest BCUT2D eigenvalue weighted by atomic mass is 9.77. The van der Waals surface area contributed by atoms with E-state index >= 15 is 0 Å². The number of ether oxygens (including phenoxy) is 4. The number of benzene rings is 2. The zero-order chi connectivity index (χ0) is 32.4. The molecule has 0 radical (unpaired) electrons. The number of pyridine rings is 2. The fraction of sp³-hybridized carbons (Fsp3) is 0.314. The summed E-state index contributed by atoms with van der Waals surface area (Å²) < 4.78 is 23.8. The molecule has 6 rings (SSSR count). The fourth-order valence-electron chi connectivity index (χ4n) is 5.15. The molecule has 0 aliphatic carbocycles. The highest BCUT2D eigenvalue weighted by Crippen LogP contribution is 2.48. The van der Waals surface area contributed by atoms with Crippen LogP contribution in [-0.2, 0) is 0 Å². The van der Waals surface area contributed by atoms with Gasteiger partial charge in [-0.25, -0.2) is 0 Å². The maximum Gasteiger partial charge on any atom is 0.160 e. The molecule has 45 heavy (non-hydrogen) atoms. The maximum absolute atomic E-state index is 11.1. The van der Waals surface area contributed by atoms with Crippen molar-refractivity contribution < 1.29 is 29.2 Å². The first-order valence-corrected chi connectivity index (χ1v) is 14.4. The molecule has 10 heteroatoms. The third-order valence-corrected chi connectivity index (χ3v) is 8.13. The van der Waals surface area contributed by atoms with Gasteiger partial charge in [0.15, 0.2) is 12.2 Å².